The molecule has 24 heavy (non-hydrogen) atoms. The van der Waals surface area contributed by atoms with Gasteiger partial charge in [0, 0.05) is 28.6 Å². The van der Waals surface area contributed by atoms with Crippen LogP contribution in [0.5, 0.6) is 11.5 Å². The van der Waals surface area contributed by atoms with Crippen LogP contribution in [0.2, 0.25) is 0 Å². The summed E-state index contributed by atoms with van der Waals surface area (Å²) in [5.41, 5.74) is 2.25. The summed E-state index contributed by atoms with van der Waals surface area (Å²) in [6, 6.07) is 11.9. The topological polar surface area (TPSA) is 65.7 Å². The van der Waals surface area contributed by atoms with E-state index in [2.05, 4.69) is 0 Å². The Morgan fingerprint density at radius 2 is 1.96 bits per heavy atom. The normalized spacial score (nSPS) is 10.6. The van der Waals surface area contributed by atoms with Gasteiger partial charge in [-0.05, 0) is 42.8 Å². The predicted octanol–water partition coefficient (Wildman–Crippen LogP) is 3.50. The molecule has 2 aromatic carbocycles. The smallest absolute Gasteiger partial charge is 0.336 e. The van der Waals surface area contributed by atoms with Crippen molar-refractivity contribution in [2.24, 2.45) is 0 Å². The van der Waals surface area contributed by atoms with Gasteiger partial charge in [0.2, 0.25) is 0 Å². The number of methoxy groups -OCH3 is 1. The van der Waals surface area contributed by atoms with E-state index in [1.807, 2.05) is 19.1 Å². The van der Waals surface area contributed by atoms with Crippen LogP contribution in [0, 0.1) is 6.92 Å². The lowest BCUT2D eigenvalue weighted by molar-refractivity contribution is 0.112. The number of hydrogen-bond acceptors (Lipinski definition) is 5. The van der Waals surface area contributed by atoms with Gasteiger partial charge in [-0.2, -0.15) is 0 Å². The molecule has 0 amide bonds. The number of aldehydes is 1. The Morgan fingerprint density at radius 1 is 1.12 bits per heavy atom. The first kappa shape index (κ1) is 15.8. The van der Waals surface area contributed by atoms with E-state index in [1.54, 1.807) is 31.4 Å². The van der Waals surface area contributed by atoms with Crippen molar-refractivity contribution >= 4 is 17.3 Å². The molecule has 0 radical (unpaired) electrons. The van der Waals surface area contributed by atoms with Gasteiger partial charge >= 0.3 is 5.63 Å². The highest BCUT2D eigenvalue weighted by atomic mass is 16.5. The van der Waals surface area contributed by atoms with Crippen LogP contribution in [0.25, 0.3) is 11.0 Å². The maximum Gasteiger partial charge on any atom is 0.336 e. The van der Waals surface area contributed by atoms with Gasteiger partial charge in [-0.15, -0.1) is 0 Å². The fraction of sp³-hybridized carbons (Fsp3) is 0.158. The zero-order valence-electron chi connectivity index (χ0n) is 13.4. The molecular formula is C19H16O5. The van der Waals surface area contributed by atoms with E-state index >= 15 is 0 Å². The van der Waals surface area contributed by atoms with E-state index < -0.39 is 5.63 Å². The van der Waals surface area contributed by atoms with Crippen molar-refractivity contribution in [3.63, 3.8) is 0 Å². The van der Waals surface area contributed by atoms with E-state index in [-0.39, 0.29) is 6.61 Å². The average molecular weight is 324 g/mol. The second-order valence-electron chi connectivity index (χ2n) is 5.38. The van der Waals surface area contributed by atoms with E-state index in [9.17, 15) is 9.59 Å². The van der Waals surface area contributed by atoms with Crippen LogP contribution < -0.4 is 15.1 Å². The van der Waals surface area contributed by atoms with Gasteiger partial charge in [-0.1, -0.05) is 0 Å². The summed E-state index contributed by atoms with van der Waals surface area (Å²) in [5, 5.41) is 0.863. The minimum absolute atomic E-state index is 0.229. The zero-order valence-corrected chi connectivity index (χ0v) is 13.4. The van der Waals surface area contributed by atoms with Gasteiger partial charge < -0.3 is 13.9 Å². The second kappa shape index (κ2) is 6.58. The van der Waals surface area contributed by atoms with E-state index in [0.29, 0.717) is 22.6 Å². The molecule has 0 aliphatic rings. The Kier molecular flexibility index (Phi) is 4.33. The molecule has 0 unspecified atom stereocenters. The third kappa shape index (κ3) is 3.15. The first-order valence-corrected chi connectivity index (χ1v) is 7.40. The average Bonchev–Trinajstić information content (AvgIpc) is 2.59. The quantitative estimate of drug-likeness (QED) is 0.531. The maximum absolute atomic E-state index is 11.5. The summed E-state index contributed by atoms with van der Waals surface area (Å²) in [6.07, 6.45) is 0.774. The largest absolute Gasteiger partial charge is 0.496 e. The maximum atomic E-state index is 11.5. The monoisotopic (exact) mass is 324 g/mol. The lowest BCUT2D eigenvalue weighted by atomic mass is 10.1. The third-order valence-corrected chi connectivity index (χ3v) is 3.76. The van der Waals surface area contributed by atoms with Crippen LogP contribution >= 0.6 is 0 Å². The number of carbonyl (C=O) groups is 1. The van der Waals surface area contributed by atoms with Crippen molar-refractivity contribution in [3.8, 4) is 11.5 Å². The highest BCUT2D eigenvalue weighted by Gasteiger charge is 2.08. The number of ether oxygens (including phenoxy) is 2. The molecule has 0 atom stereocenters. The van der Waals surface area contributed by atoms with Gasteiger partial charge in [0.05, 0.1) is 7.11 Å². The number of aryl methyl sites for hydroxylation is 1. The number of hydrogen-bond donors (Lipinski definition) is 0. The minimum atomic E-state index is -0.391. The van der Waals surface area contributed by atoms with Crippen LogP contribution in [0.1, 0.15) is 21.5 Å². The van der Waals surface area contributed by atoms with Crippen LogP contribution in [-0.4, -0.2) is 13.4 Å². The molecule has 3 rings (SSSR count). The van der Waals surface area contributed by atoms with Crippen LogP contribution in [0.4, 0.5) is 0 Å². The molecule has 122 valence electrons. The molecule has 5 heteroatoms. The van der Waals surface area contributed by atoms with Crippen molar-refractivity contribution in [1.29, 1.82) is 0 Å². The predicted molar refractivity (Wildman–Crippen MR) is 89.9 cm³/mol. The summed E-state index contributed by atoms with van der Waals surface area (Å²) in [4.78, 5) is 22.4. The molecule has 1 aromatic heterocycles. The molecule has 0 spiro atoms. The molecule has 0 saturated carbocycles. The molecular weight excluding hydrogens is 308 g/mol. The summed E-state index contributed by atoms with van der Waals surface area (Å²) in [7, 11) is 1.56. The standard InChI is InChI=1S/C19H16O5/c1-12-7-19(21)24-18-9-15(4-5-16(12)18)23-11-14-8-13(10-20)3-6-17(14)22-2/h3-10H,11H2,1-2H3. The van der Waals surface area contributed by atoms with Crippen molar-refractivity contribution in [1.82, 2.24) is 0 Å². The van der Waals surface area contributed by atoms with Crippen molar-refractivity contribution in [2.75, 3.05) is 7.11 Å². The Morgan fingerprint density at radius 3 is 2.71 bits per heavy atom. The van der Waals surface area contributed by atoms with Gasteiger partial charge in [0.15, 0.2) is 0 Å². The SMILES string of the molecule is COc1ccc(C=O)cc1COc1ccc2c(C)cc(=O)oc2c1. The fourth-order valence-electron chi connectivity index (χ4n) is 2.54. The van der Waals surface area contributed by atoms with E-state index in [1.165, 1.54) is 6.07 Å². The highest BCUT2D eigenvalue weighted by molar-refractivity contribution is 5.81. The molecule has 5 nitrogen and oxygen atoms in total. The summed E-state index contributed by atoms with van der Waals surface area (Å²) >= 11 is 0. The molecule has 0 N–H and O–H groups in total. The van der Waals surface area contributed by atoms with Gasteiger partial charge in [0.1, 0.15) is 30.0 Å². The fourth-order valence-corrected chi connectivity index (χ4v) is 2.54. The van der Waals surface area contributed by atoms with Crippen molar-refractivity contribution in [2.45, 2.75) is 13.5 Å². The summed E-state index contributed by atoms with van der Waals surface area (Å²) < 4.78 is 16.3. The number of fused-ring (bicyclic) bond motifs is 1. The Balaban J connectivity index is 1.88. The van der Waals surface area contributed by atoms with Crippen LogP contribution in [0.3, 0.4) is 0 Å². The summed E-state index contributed by atoms with van der Waals surface area (Å²) in [5.74, 6) is 1.21. The second-order valence-corrected chi connectivity index (χ2v) is 5.38. The molecule has 0 aliphatic heterocycles. The number of benzene rings is 2. The minimum Gasteiger partial charge on any atom is -0.496 e. The highest BCUT2D eigenvalue weighted by Crippen LogP contribution is 2.25. The molecule has 0 aliphatic carbocycles. The van der Waals surface area contributed by atoms with E-state index in [0.717, 1.165) is 22.8 Å². The Labute approximate surface area is 138 Å². The van der Waals surface area contributed by atoms with Gasteiger partial charge in [-0.3, -0.25) is 4.79 Å². The van der Waals surface area contributed by atoms with Gasteiger partial charge in [0.25, 0.3) is 0 Å². The van der Waals surface area contributed by atoms with Crippen LogP contribution in [0.15, 0.2) is 51.7 Å². The van der Waals surface area contributed by atoms with Gasteiger partial charge in [-0.25, -0.2) is 4.79 Å². The number of rotatable bonds is 5. The molecule has 3 aromatic rings. The third-order valence-electron chi connectivity index (χ3n) is 3.76. The van der Waals surface area contributed by atoms with E-state index in [4.69, 9.17) is 13.9 Å². The lowest BCUT2D eigenvalue weighted by Gasteiger charge is -2.11. The molecule has 0 saturated heterocycles. The first-order chi connectivity index (χ1) is 11.6. The molecule has 0 fully saturated rings. The first-order valence-electron chi connectivity index (χ1n) is 7.40. The Hall–Kier alpha value is -3.08. The van der Waals surface area contributed by atoms with Crippen molar-refractivity contribution < 1.29 is 18.7 Å². The van der Waals surface area contributed by atoms with Crippen molar-refractivity contribution in [3.05, 3.63) is 69.6 Å². The molecule has 0 bridgehead atoms. The van der Waals surface area contributed by atoms with Crippen LogP contribution in [-0.2, 0) is 6.61 Å². The lowest BCUT2D eigenvalue weighted by Crippen LogP contribution is -2.01. The number of carbonyl (C=O) groups excluding carboxylic acids is 1. The molecule has 1 heterocycles. The Bertz CT molecular complexity index is 956. The zero-order chi connectivity index (χ0) is 17.1. The summed E-state index contributed by atoms with van der Waals surface area (Å²) in [6.45, 7) is 2.09.